The molecule has 2 aromatic carbocycles. The van der Waals surface area contributed by atoms with Crippen LogP contribution < -0.4 is 0 Å². The van der Waals surface area contributed by atoms with Gasteiger partial charge in [-0.25, -0.2) is 0 Å². The van der Waals surface area contributed by atoms with E-state index in [0.717, 1.165) is 11.1 Å². The van der Waals surface area contributed by atoms with E-state index in [1.165, 1.54) is 30.4 Å². The summed E-state index contributed by atoms with van der Waals surface area (Å²) in [5.41, 5.74) is 4.09. The van der Waals surface area contributed by atoms with Crippen LogP contribution in [0.3, 0.4) is 0 Å². The van der Waals surface area contributed by atoms with Crippen LogP contribution in [0.25, 0.3) is 0 Å². The van der Waals surface area contributed by atoms with E-state index in [1.54, 1.807) is 0 Å². The van der Waals surface area contributed by atoms with E-state index in [4.69, 9.17) is 0 Å². The fraction of sp³-hybridized carbons (Fsp3) is 0.278. The lowest BCUT2D eigenvalue weighted by Crippen LogP contribution is -2.14. The van der Waals surface area contributed by atoms with Gasteiger partial charge < -0.3 is 0 Å². The molecule has 1 aliphatic rings. The Morgan fingerprint density at radius 2 is 1.68 bits per heavy atom. The first-order valence-electron chi connectivity index (χ1n) is 6.96. The van der Waals surface area contributed by atoms with Crippen molar-refractivity contribution in [3.8, 4) is 0 Å². The lowest BCUT2D eigenvalue weighted by atomic mass is 9.77. The third-order valence-electron chi connectivity index (χ3n) is 4.06. The van der Waals surface area contributed by atoms with E-state index in [1.807, 2.05) is 49.4 Å². The minimum absolute atomic E-state index is 0.155. The molecule has 0 amide bonds. The Morgan fingerprint density at radius 3 is 2.32 bits per heavy atom. The van der Waals surface area contributed by atoms with Gasteiger partial charge in [-0.15, -0.1) is 0 Å². The number of carbonyl (C=O) groups excluding carboxylic acids is 1. The monoisotopic (exact) mass is 250 g/mol. The zero-order chi connectivity index (χ0) is 13.2. The predicted molar refractivity (Wildman–Crippen MR) is 77.6 cm³/mol. The summed E-state index contributed by atoms with van der Waals surface area (Å²) in [5.74, 6) is 0.744. The van der Waals surface area contributed by atoms with Crippen LogP contribution in [0, 0.1) is 6.92 Å². The summed E-state index contributed by atoms with van der Waals surface area (Å²) in [5, 5.41) is 0. The average Bonchev–Trinajstić information content (AvgIpc) is 2.37. The maximum atomic E-state index is 12.6. The van der Waals surface area contributed by atoms with Crippen molar-refractivity contribution >= 4 is 5.78 Å². The Balaban J connectivity index is 1.97. The third-order valence-corrected chi connectivity index (χ3v) is 4.06. The second-order valence-corrected chi connectivity index (χ2v) is 5.41. The molecule has 96 valence electrons. The molecule has 0 spiro atoms. The maximum absolute atomic E-state index is 12.6. The number of aryl methyl sites for hydroxylation is 1. The molecule has 1 nitrogen and oxygen atoms in total. The first kappa shape index (κ1) is 12.2. The molecule has 19 heavy (non-hydrogen) atoms. The summed E-state index contributed by atoms with van der Waals surface area (Å²) in [6, 6.07) is 15.9. The number of carbonyl (C=O) groups is 1. The van der Waals surface area contributed by atoms with Gasteiger partial charge >= 0.3 is 0 Å². The number of benzene rings is 2. The summed E-state index contributed by atoms with van der Waals surface area (Å²) in [6.07, 6.45) is 3.73. The van der Waals surface area contributed by atoms with Crippen LogP contribution >= 0.6 is 0 Å². The quantitative estimate of drug-likeness (QED) is 0.733. The molecule has 0 atom stereocenters. The van der Waals surface area contributed by atoms with E-state index in [-0.39, 0.29) is 5.78 Å². The minimum Gasteiger partial charge on any atom is -0.289 e. The first-order chi connectivity index (χ1) is 9.25. The smallest absolute Gasteiger partial charge is 0.193 e. The van der Waals surface area contributed by atoms with Crippen molar-refractivity contribution in [1.82, 2.24) is 0 Å². The largest absolute Gasteiger partial charge is 0.289 e. The standard InChI is InChI=1S/C18H18O/c1-13-9-11-15(12-10-13)18(19)17-8-3-2-7-16(17)14-5-4-6-14/h2-3,7-12,14H,4-6H2,1H3. The zero-order valence-electron chi connectivity index (χ0n) is 11.2. The molecule has 0 unspecified atom stereocenters. The molecule has 1 heteroatoms. The van der Waals surface area contributed by atoms with Gasteiger partial charge in [0.25, 0.3) is 0 Å². The fourth-order valence-corrected chi connectivity index (χ4v) is 2.64. The summed E-state index contributed by atoms with van der Waals surface area (Å²) < 4.78 is 0. The van der Waals surface area contributed by atoms with Crippen LogP contribution in [0.2, 0.25) is 0 Å². The molecule has 1 saturated carbocycles. The number of hydrogen-bond acceptors (Lipinski definition) is 1. The van der Waals surface area contributed by atoms with Crippen LogP contribution in [0.15, 0.2) is 48.5 Å². The van der Waals surface area contributed by atoms with E-state index in [2.05, 4.69) is 6.07 Å². The Kier molecular flexibility index (Phi) is 3.20. The summed E-state index contributed by atoms with van der Waals surface area (Å²) in [7, 11) is 0. The third kappa shape index (κ3) is 2.33. The molecule has 0 radical (unpaired) electrons. The predicted octanol–water partition coefficient (Wildman–Crippen LogP) is 4.49. The molecule has 3 rings (SSSR count). The Morgan fingerprint density at radius 1 is 1.00 bits per heavy atom. The van der Waals surface area contributed by atoms with Crippen LogP contribution in [0.5, 0.6) is 0 Å². The van der Waals surface area contributed by atoms with Gasteiger partial charge in [0.05, 0.1) is 0 Å². The van der Waals surface area contributed by atoms with E-state index >= 15 is 0 Å². The second kappa shape index (κ2) is 5.00. The van der Waals surface area contributed by atoms with E-state index in [0.29, 0.717) is 5.92 Å². The lowest BCUT2D eigenvalue weighted by Gasteiger charge is -2.27. The average molecular weight is 250 g/mol. The van der Waals surface area contributed by atoms with Gasteiger partial charge in [-0.05, 0) is 31.2 Å². The first-order valence-corrected chi connectivity index (χ1v) is 6.96. The molecule has 1 fully saturated rings. The Bertz CT molecular complexity index is 591. The highest BCUT2D eigenvalue weighted by Gasteiger charge is 2.24. The van der Waals surface area contributed by atoms with Gasteiger partial charge in [-0.1, -0.05) is 60.5 Å². The van der Waals surface area contributed by atoms with Gasteiger partial charge in [0.15, 0.2) is 5.78 Å². The minimum atomic E-state index is 0.155. The lowest BCUT2D eigenvalue weighted by molar-refractivity contribution is 0.103. The van der Waals surface area contributed by atoms with Crippen LogP contribution in [0.4, 0.5) is 0 Å². The van der Waals surface area contributed by atoms with Crippen molar-refractivity contribution in [2.45, 2.75) is 32.1 Å². The van der Waals surface area contributed by atoms with Crippen molar-refractivity contribution in [3.05, 3.63) is 70.8 Å². The van der Waals surface area contributed by atoms with E-state index < -0.39 is 0 Å². The Hall–Kier alpha value is -1.89. The fourth-order valence-electron chi connectivity index (χ4n) is 2.64. The maximum Gasteiger partial charge on any atom is 0.193 e. The normalized spacial score (nSPS) is 15.0. The molecule has 0 N–H and O–H groups in total. The number of rotatable bonds is 3. The van der Waals surface area contributed by atoms with Gasteiger partial charge in [0.1, 0.15) is 0 Å². The van der Waals surface area contributed by atoms with Gasteiger partial charge in [-0.2, -0.15) is 0 Å². The number of ketones is 1. The van der Waals surface area contributed by atoms with Crippen LogP contribution in [-0.2, 0) is 0 Å². The number of hydrogen-bond donors (Lipinski definition) is 0. The van der Waals surface area contributed by atoms with E-state index in [9.17, 15) is 4.79 Å². The Labute approximate surface area is 114 Å². The van der Waals surface area contributed by atoms with Gasteiger partial charge in [-0.3, -0.25) is 4.79 Å². The molecular formula is C18H18O. The zero-order valence-corrected chi connectivity index (χ0v) is 11.2. The molecule has 0 saturated heterocycles. The van der Waals surface area contributed by atoms with Crippen molar-refractivity contribution in [2.75, 3.05) is 0 Å². The molecular weight excluding hydrogens is 232 g/mol. The molecule has 1 aliphatic carbocycles. The summed E-state index contributed by atoms with van der Waals surface area (Å²) in [4.78, 5) is 12.6. The van der Waals surface area contributed by atoms with Gasteiger partial charge in [0, 0.05) is 11.1 Å². The summed E-state index contributed by atoms with van der Waals surface area (Å²) in [6.45, 7) is 2.04. The van der Waals surface area contributed by atoms with Crippen molar-refractivity contribution < 1.29 is 4.79 Å². The van der Waals surface area contributed by atoms with Crippen molar-refractivity contribution in [1.29, 1.82) is 0 Å². The highest BCUT2D eigenvalue weighted by Crippen LogP contribution is 2.38. The second-order valence-electron chi connectivity index (χ2n) is 5.41. The highest BCUT2D eigenvalue weighted by atomic mass is 16.1. The van der Waals surface area contributed by atoms with Gasteiger partial charge in [0.2, 0.25) is 0 Å². The molecule has 0 aromatic heterocycles. The van der Waals surface area contributed by atoms with Crippen LogP contribution in [-0.4, -0.2) is 5.78 Å². The van der Waals surface area contributed by atoms with Crippen LogP contribution in [0.1, 0.15) is 52.2 Å². The molecule has 0 aliphatic heterocycles. The highest BCUT2D eigenvalue weighted by molar-refractivity contribution is 6.10. The molecule has 0 heterocycles. The van der Waals surface area contributed by atoms with Crippen molar-refractivity contribution in [2.24, 2.45) is 0 Å². The summed E-state index contributed by atoms with van der Waals surface area (Å²) >= 11 is 0. The van der Waals surface area contributed by atoms with Crippen molar-refractivity contribution in [3.63, 3.8) is 0 Å². The molecule has 2 aromatic rings. The topological polar surface area (TPSA) is 17.1 Å². The SMILES string of the molecule is Cc1ccc(C(=O)c2ccccc2C2CCC2)cc1. The molecule has 0 bridgehead atoms.